The monoisotopic (exact) mass is 470 g/mol. The molecule has 0 N–H and O–H groups in total. The molecule has 5 rings (SSSR count). The van der Waals surface area contributed by atoms with E-state index in [0.29, 0.717) is 18.8 Å². The molecule has 0 saturated carbocycles. The number of carbonyl (C=O) groups is 1. The summed E-state index contributed by atoms with van der Waals surface area (Å²) in [5.74, 6) is -0.00605. The number of aryl methyl sites for hydroxylation is 2. The van der Waals surface area contributed by atoms with Gasteiger partial charge in [0.05, 0.1) is 22.1 Å². The normalized spacial score (nSPS) is 13.9. The van der Waals surface area contributed by atoms with Crippen LogP contribution in [0.2, 0.25) is 5.02 Å². The average molecular weight is 471 g/mol. The number of para-hydroxylation sites is 1. The fourth-order valence-electron chi connectivity index (χ4n) is 4.53. The Bertz CT molecular complexity index is 1320. The molecule has 1 fully saturated rings. The van der Waals surface area contributed by atoms with Crippen molar-refractivity contribution < 1.29 is 4.79 Å². The number of aromatic nitrogens is 2. The molecule has 4 aromatic rings. The van der Waals surface area contributed by atoms with Crippen LogP contribution in [0, 0.1) is 13.8 Å². The molecule has 0 radical (unpaired) electrons. The lowest BCUT2D eigenvalue weighted by Gasteiger charge is -2.36. The number of halogens is 1. The topological polar surface area (TPSA) is 41.4 Å². The van der Waals surface area contributed by atoms with E-state index in [1.165, 1.54) is 5.56 Å². The van der Waals surface area contributed by atoms with Gasteiger partial charge in [0.25, 0.3) is 5.91 Å². The predicted molar refractivity (Wildman–Crippen MR) is 138 cm³/mol. The third-order valence-electron chi connectivity index (χ3n) is 6.34. The van der Waals surface area contributed by atoms with E-state index < -0.39 is 0 Å². The van der Waals surface area contributed by atoms with Gasteiger partial charge >= 0.3 is 0 Å². The highest BCUT2D eigenvalue weighted by Crippen LogP contribution is 2.28. The van der Waals surface area contributed by atoms with Crippen molar-refractivity contribution >= 4 is 23.2 Å². The molecule has 34 heavy (non-hydrogen) atoms. The average Bonchev–Trinajstić information content (AvgIpc) is 3.30. The Balaban J connectivity index is 1.46. The number of anilines is 1. The van der Waals surface area contributed by atoms with Crippen molar-refractivity contribution in [1.29, 1.82) is 0 Å². The highest BCUT2D eigenvalue weighted by atomic mass is 35.5. The fourth-order valence-corrected chi connectivity index (χ4v) is 4.79. The first-order valence-electron chi connectivity index (χ1n) is 11.5. The van der Waals surface area contributed by atoms with E-state index in [1.807, 2.05) is 71.6 Å². The summed E-state index contributed by atoms with van der Waals surface area (Å²) in [6.45, 7) is 6.85. The summed E-state index contributed by atoms with van der Waals surface area (Å²) in [4.78, 5) is 17.9. The molecule has 1 amide bonds. The molecule has 2 heterocycles. The van der Waals surface area contributed by atoms with E-state index in [-0.39, 0.29) is 5.91 Å². The van der Waals surface area contributed by atoms with E-state index in [9.17, 15) is 4.79 Å². The first-order chi connectivity index (χ1) is 16.5. The van der Waals surface area contributed by atoms with Gasteiger partial charge in [0.2, 0.25) is 0 Å². The number of hydrogen-bond donors (Lipinski definition) is 0. The number of hydrogen-bond acceptors (Lipinski definition) is 3. The van der Waals surface area contributed by atoms with Gasteiger partial charge in [0.1, 0.15) is 5.69 Å². The number of nitrogens with zero attached hydrogens (tertiary/aromatic N) is 4. The second kappa shape index (κ2) is 9.35. The Morgan fingerprint density at radius 2 is 1.53 bits per heavy atom. The lowest BCUT2D eigenvalue weighted by atomic mass is 10.1. The largest absolute Gasteiger partial charge is 0.367 e. The number of piperazine rings is 1. The lowest BCUT2D eigenvalue weighted by Crippen LogP contribution is -2.49. The summed E-state index contributed by atoms with van der Waals surface area (Å²) in [5, 5.41) is 5.61. The van der Waals surface area contributed by atoms with Gasteiger partial charge in [-0.05, 0) is 43.7 Å². The van der Waals surface area contributed by atoms with Crippen molar-refractivity contribution in [2.45, 2.75) is 13.8 Å². The summed E-state index contributed by atoms with van der Waals surface area (Å²) in [7, 11) is 0. The maximum Gasteiger partial charge on any atom is 0.272 e. The molecule has 0 unspecified atom stereocenters. The second-order valence-corrected chi connectivity index (χ2v) is 9.12. The number of benzene rings is 3. The van der Waals surface area contributed by atoms with Gasteiger partial charge in [-0.15, -0.1) is 0 Å². The number of rotatable bonds is 4. The second-order valence-electron chi connectivity index (χ2n) is 8.71. The van der Waals surface area contributed by atoms with Crippen molar-refractivity contribution in [3.8, 4) is 16.9 Å². The molecule has 6 heteroatoms. The van der Waals surface area contributed by atoms with Gasteiger partial charge in [0, 0.05) is 31.7 Å². The molecule has 0 bridgehead atoms. The van der Waals surface area contributed by atoms with Crippen LogP contribution in [0.15, 0.2) is 78.9 Å². The van der Waals surface area contributed by atoms with Gasteiger partial charge in [-0.1, -0.05) is 71.8 Å². The zero-order chi connectivity index (χ0) is 23.7. The summed E-state index contributed by atoms with van der Waals surface area (Å²) in [5.41, 5.74) is 6.56. The Morgan fingerprint density at radius 1 is 0.824 bits per heavy atom. The summed E-state index contributed by atoms with van der Waals surface area (Å²) < 4.78 is 1.81. The van der Waals surface area contributed by atoms with Crippen LogP contribution >= 0.6 is 11.6 Å². The Kier molecular flexibility index (Phi) is 6.12. The molecule has 0 aliphatic carbocycles. The van der Waals surface area contributed by atoms with Crippen LogP contribution < -0.4 is 4.90 Å². The van der Waals surface area contributed by atoms with E-state index in [1.54, 1.807) is 4.68 Å². The minimum atomic E-state index is -0.00605. The lowest BCUT2D eigenvalue weighted by molar-refractivity contribution is 0.0737. The van der Waals surface area contributed by atoms with Crippen LogP contribution in [0.4, 0.5) is 5.69 Å². The highest BCUT2D eigenvalue weighted by Gasteiger charge is 2.27. The molecule has 1 aliphatic rings. The maximum atomic E-state index is 13.7. The minimum Gasteiger partial charge on any atom is -0.367 e. The molecule has 0 spiro atoms. The van der Waals surface area contributed by atoms with Crippen LogP contribution in [0.5, 0.6) is 0 Å². The van der Waals surface area contributed by atoms with Crippen molar-refractivity contribution in [3.05, 3.63) is 101 Å². The summed E-state index contributed by atoms with van der Waals surface area (Å²) in [6.07, 6.45) is 0. The Morgan fingerprint density at radius 3 is 2.24 bits per heavy atom. The standard InChI is InChI=1S/C28H27ClN4O/c1-20-12-13-25(21(2)18-20)33-27(19-24(30-33)22-8-4-3-5-9-22)28(34)32-16-14-31(15-17-32)26-11-7-6-10-23(26)29/h3-13,18-19H,14-17H2,1-2H3. The molecule has 0 atom stereocenters. The SMILES string of the molecule is Cc1ccc(-n2nc(-c3ccccc3)cc2C(=O)N2CCN(c3ccccc3Cl)CC2)c(C)c1. The number of amides is 1. The van der Waals surface area contributed by atoms with E-state index in [4.69, 9.17) is 16.7 Å². The summed E-state index contributed by atoms with van der Waals surface area (Å²) >= 11 is 6.39. The van der Waals surface area contributed by atoms with E-state index in [0.717, 1.165) is 46.3 Å². The van der Waals surface area contributed by atoms with Crippen LogP contribution in [0.25, 0.3) is 16.9 Å². The van der Waals surface area contributed by atoms with Crippen molar-refractivity contribution in [1.82, 2.24) is 14.7 Å². The molecular formula is C28H27ClN4O. The molecule has 5 nitrogen and oxygen atoms in total. The molecule has 1 aliphatic heterocycles. The fraction of sp³-hybridized carbons (Fsp3) is 0.214. The van der Waals surface area contributed by atoms with Crippen molar-refractivity contribution in [2.75, 3.05) is 31.1 Å². The van der Waals surface area contributed by atoms with E-state index >= 15 is 0 Å². The third-order valence-corrected chi connectivity index (χ3v) is 6.66. The maximum absolute atomic E-state index is 13.7. The molecule has 1 saturated heterocycles. The minimum absolute atomic E-state index is 0.00605. The first kappa shape index (κ1) is 22.2. The van der Waals surface area contributed by atoms with Gasteiger partial charge in [-0.25, -0.2) is 4.68 Å². The molecule has 1 aromatic heterocycles. The van der Waals surface area contributed by atoms with E-state index in [2.05, 4.69) is 30.9 Å². The zero-order valence-electron chi connectivity index (χ0n) is 19.4. The van der Waals surface area contributed by atoms with Gasteiger partial charge < -0.3 is 9.80 Å². The molecule has 172 valence electrons. The summed E-state index contributed by atoms with van der Waals surface area (Å²) in [6, 6.07) is 26.0. The Labute approximate surface area is 205 Å². The van der Waals surface area contributed by atoms with Crippen molar-refractivity contribution in [2.24, 2.45) is 0 Å². The quantitative estimate of drug-likeness (QED) is 0.380. The van der Waals surface area contributed by atoms with Gasteiger partial charge in [-0.2, -0.15) is 5.10 Å². The first-order valence-corrected chi connectivity index (χ1v) is 11.9. The van der Waals surface area contributed by atoms with Gasteiger partial charge in [0.15, 0.2) is 0 Å². The predicted octanol–water partition coefficient (Wildman–Crippen LogP) is 5.77. The number of carbonyl (C=O) groups excluding carboxylic acids is 1. The van der Waals surface area contributed by atoms with Gasteiger partial charge in [-0.3, -0.25) is 4.79 Å². The third kappa shape index (κ3) is 4.31. The molecular weight excluding hydrogens is 444 g/mol. The highest BCUT2D eigenvalue weighted by molar-refractivity contribution is 6.33. The molecule has 3 aromatic carbocycles. The van der Waals surface area contributed by atoms with Crippen LogP contribution in [-0.2, 0) is 0 Å². The Hall–Kier alpha value is -3.57. The zero-order valence-corrected chi connectivity index (χ0v) is 20.2. The van der Waals surface area contributed by atoms with Crippen molar-refractivity contribution in [3.63, 3.8) is 0 Å². The van der Waals surface area contributed by atoms with Crippen LogP contribution in [0.1, 0.15) is 21.6 Å². The van der Waals surface area contributed by atoms with Crippen LogP contribution in [0.3, 0.4) is 0 Å². The van der Waals surface area contributed by atoms with Crippen LogP contribution in [-0.4, -0.2) is 46.8 Å². The smallest absolute Gasteiger partial charge is 0.272 e.